The number of carbonyl (C=O) groups excluding carboxylic acids is 2. The van der Waals surface area contributed by atoms with Crippen LogP contribution in [0.15, 0.2) is 42.9 Å². The molecule has 206 valence electrons. The lowest BCUT2D eigenvalue weighted by molar-refractivity contribution is -0.137. The van der Waals surface area contributed by atoms with Crippen LogP contribution in [0.3, 0.4) is 0 Å². The molecule has 0 bridgehead atoms. The molecule has 3 aromatic rings. The number of amides is 2. The Morgan fingerprint density at radius 1 is 1.13 bits per heavy atom. The number of hydrogen-bond acceptors (Lipinski definition) is 8. The van der Waals surface area contributed by atoms with Gasteiger partial charge < -0.3 is 26.0 Å². The quantitative estimate of drug-likeness (QED) is 0.303. The highest BCUT2D eigenvalue weighted by atomic mass is 35.5. The molecule has 15 heteroatoms. The Morgan fingerprint density at radius 2 is 1.87 bits per heavy atom. The molecule has 0 radical (unpaired) electrons. The summed E-state index contributed by atoms with van der Waals surface area (Å²) >= 11 is 5.69. The first-order valence-electron chi connectivity index (χ1n) is 11.5. The maximum Gasteiger partial charge on any atom is 0.418 e. The van der Waals surface area contributed by atoms with Crippen molar-refractivity contribution in [3.63, 3.8) is 0 Å². The van der Waals surface area contributed by atoms with Gasteiger partial charge in [0.15, 0.2) is 0 Å². The minimum atomic E-state index is -4.69. The van der Waals surface area contributed by atoms with Gasteiger partial charge in [-0.05, 0) is 18.2 Å². The molecular weight excluding hydrogens is 546 g/mol. The topological polar surface area (TPSA) is 130 Å². The van der Waals surface area contributed by atoms with Crippen LogP contribution < -0.4 is 21.3 Å². The maximum atomic E-state index is 14.8. The third-order valence-corrected chi connectivity index (χ3v) is 6.08. The number of carbonyl (C=O) groups is 2. The molecule has 1 aromatic carbocycles. The highest BCUT2D eigenvalue weighted by Gasteiger charge is 2.44. The highest BCUT2D eigenvalue weighted by Crippen LogP contribution is 2.37. The van der Waals surface area contributed by atoms with Gasteiger partial charge in [-0.15, -0.1) is 0 Å². The molecule has 0 saturated carbocycles. The number of benzene rings is 1. The van der Waals surface area contributed by atoms with Crippen molar-refractivity contribution >= 4 is 40.7 Å². The number of nitrogens with one attached hydrogen (secondary N) is 4. The smallest absolute Gasteiger partial charge is 0.378 e. The maximum absolute atomic E-state index is 14.8. The number of rotatable bonds is 8. The summed E-state index contributed by atoms with van der Waals surface area (Å²) in [4.78, 5) is 37.7. The normalized spacial score (nSPS) is 17.0. The average Bonchev–Trinajstić information content (AvgIpc) is 3.38. The van der Waals surface area contributed by atoms with Crippen LogP contribution in [0.25, 0.3) is 0 Å². The molecule has 0 spiro atoms. The summed E-state index contributed by atoms with van der Waals surface area (Å²) in [6.07, 6.45) is -0.800. The second-order valence-electron chi connectivity index (χ2n) is 8.53. The lowest BCUT2D eigenvalue weighted by Gasteiger charge is -2.27. The van der Waals surface area contributed by atoms with Crippen molar-refractivity contribution in [1.82, 2.24) is 25.6 Å². The lowest BCUT2D eigenvalue weighted by atomic mass is 9.96. The third-order valence-electron chi connectivity index (χ3n) is 5.85. The van der Waals surface area contributed by atoms with E-state index in [0.717, 1.165) is 24.4 Å². The number of pyridine rings is 1. The first kappa shape index (κ1) is 28.0. The van der Waals surface area contributed by atoms with Crippen LogP contribution in [0.1, 0.15) is 28.0 Å². The standard InChI is InChI=1S/C24H22ClF4N7O3/c1-30-22-33-8-13(9-34-22)20(37)36-23(4-5-39-12-23)21(38)32-11-19-17(26)7-15(10-31-19)35-18-3-2-14(25)6-16(18)24(27,28)29/h2-3,6-10,35H,4-5,11-12H2,1H3,(H,32,38)(H,36,37)(H,30,33,34)/t23-/m0/s1. The van der Waals surface area contributed by atoms with Crippen molar-refractivity contribution in [2.45, 2.75) is 24.7 Å². The number of ether oxygens (including phenoxy) is 1. The van der Waals surface area contributed by atoms with E-state index in [1.54, 1.807) is 7.05 Å². The van der Waals surface area contributed by atoms with E-state index < -0.39 is 34.9 Å². The Labute approximate surface area is 224 Å². The summed E-state index contributed by atoms with van der Waals surface area (Å²) in [6, 6.07) is 4.09. The Hall–Kier alpha value is -4.04. The first-order valence-corrected chi connectivity index (χ1v) is 11.8. The summed E-state index contributed by atoms with van der Waals surface area (Å²) in [5.41, 5.74) is -2.87. The Morgan fingerprint density at radius 3 is 2.49 bits per heavy atom. The summed E-state index contributed by atoms with van der Waals surface area (Å²) < 4.78 is 60.1. The molecule has 1 aliphatic rings. The van der Waals surface area contributed by atoms with Gasteiger partial charge in [-0.2, -0.15) is 13.2 Å². The molecule has 0 aliphatic carbocycles. The molecule has 4 rings (SSSR count). The molecule has 2 aromatic heterocycles. The fraction of sp³-hybridized carbons (Fsp3) is 0.292. The minimum absolute atomic E-state index is 0.0464. The van der Waals surface area contributed by atoms with E-state index >= 15 is 0 Å². The van der Waals surface area contributed by atoms with Crippen molar-refractivity contribution in [1.29, 1.82) is 0 Å². The molecule has 10 nitrogen and oxygen atoms in total. The second kappa shape index (κ2) is 11.4. The molecular formula is C24H22ClF4N7O3. The number of anilines is 3. The monoisotopic (exact) mass is 567 g/mol. The Kier molecular flexibility index (Phi) is 8.16. The second-order valence-corrected chi connectivity index (χ2v) is 8.97. The summed E-state index contributed by atoms with van der Waals surface area (Å²) in [6.45, 7) is -0.251. The molecule has 0 unspecified atom stereocenters. The van der Waals surface area contributed by atoms with Crippen molar-refractivity contribution < 1.29 is 31.9 Å². The predicted octanol–water partition coefficient (Wildman–Crippen LogP) is 3.67. The number of hydrogen-bond donors (Lipinski definition) is 4. The van der Waals surface area contributed by atoms with Gasteiger partial charge in [0, 0.05) is 43.6 Å². The summed E-state index contributed by atoms with van der Waals surface area (Å²) in [5, 5.41) is 10.3. The van der Waals surface area contributed by atoms with E-state index in [4.69, 9.17) is 16.3 Å². The van der Waals surface area contributed by atoms with Gasteiger partial charge in [0.05, 0.1) is 47.5 Å². The van der Waals surface area contributed by atoms with Crippen molar-refractivity contribution in [3.8, 4) is 0 Å². The molecule has 1 atom stereocenters. The molecule has 39 heavy (non-hydrogen) atoms. The molecule has 1 aliphatic heterocycles. The summed E-state index contributed by atoms with van der Waals surface area (Å²) in [7, 11) is 1.62. The number of alkyl halides is 3. The highest BCUT2D eigenvalue weighted by molar-refractivity contribution is 6.30. The molecule has 1 fully saturated rings. The van der Waals surface area contributed by atoms with Crippen LogP contribution in [0.4, 0.5) is 34.9 Å². The van der Waals surface area contributed by atoms with E-state index in [0.29, 0.717) is 5.95 Å². The first-order chi connectivity index (χ1) is 18.5. The SMILES string of the molecule is CNc1ncc(C(=O)N[C@@]2(C(=O)NCc3ncc(Nc4ccc(Cl)cc4C(F)(F)F)cc3F)CCOC2)cn1. The lowest BCUT2D eigenvalue weighted by Crippen LogP contribution is -2.59. The van der Waals surface area contributed by atoms with Gasteiger partial charge in [0.25, 0.3) is 5.91 Å². The summed E-state index contributed by atoms with van der Waals surface area (Å²) in [5.74, 6) is -1.78. The van der Waals surface area contributed by atoms with Gasteiger partial charge in [-0.25, -0.2) is 14.4 Å². The van der Waals surface area contributed by atoms with Crippen molar-refractivity contribution in [2.24, 2.45) is 0 Å². The third kappa shape index (κ3) is 6.52. The average molecular weight is 568 g/mol. The van der Waals surface area contributed by atoms with Crippen LogP contribution in [-0.4, -0.2) is 52.6 Å². The van der Waals surface area contributed by atoms with E-state index in [2.05, 4.69) is 36.2 Å². The largest absolute Gasteiger partial charge is 0.418 e. The van der Waals surface area contributed by atoms with E-state index in [9.17, 15) is 27.2 Å². The van der Waals surface area contributed by atoms with Gasteiger partial charge >= 0.3 is 6.18 Å². The fourth-order valence-electron chi connectivity index (χ4n) is 3.78. The molecule has 1 saturated heterocycles. The molecule has 2 amide bonds. The van der Waals surface area contributed by atoms with Crippen LogP contribution in [0.5, 0.6) is 0 Å². The van der Waals surface area contributed by atoms with Crippen LogP contribution in [-0.2, 0) is 22.3 Å². The predicted molar refractivity (Wildman–Crippen MR) is 133 cm³/mol. The van der Waals surface area contributed by atoms with Gasteiger partial charge in [0.1, 0.15) is 11.4 Å². The van der Waals surface area contributed by atoms with Crippen LogP contribution in [0.2, 0.25) is 5.02 Å². The molecule has 4 N–H and O–H groups in total. The number of halogens is 5. The zero-order valence-corrected chi connectivity index (χ0v) is 21.1. The zero-order chi connectivity index (χ0) is 28.2. The zero-order valence-electron chi connectivity index (χ0n) is 20.3. The van der Waals surface area contributed by atoms with E-state index in [1.807, 2.05) is 0 Å². The number of nitrogens with zero attached hydrogens (tertiary/aromatic N) is 3. The van der Waals surface area contributed by atoms with Crippen molar-refractivity contribution in [2.75, 3.05) is 30.9 Å². The van der Waals surface area contributed by atoms with Crippen LogP contribution >= 0.6 is 11.6 Å². The minimum Gasteiger partial charge on any atom is -0.378 e. The number of aromatic nitrogens is 3. The van der Waals surface area contributed by atoms with Gasteiger partial charge in [0.2, 0.25) is 11.9 Å². The van der Waals surface area contributed by atoms with Crippen molar-refractivity contribution in [3.05, 3.63) is 70.5 Å². The fourth-order valence-corrected chi connectivity index (χ4v) is 3.95. The van der Waals surface area contributed by atoms with E-state index in [-0.39, 0.29) is 53.8 Å². The van der Waals surface area contributed by atoms with Crippen LogP contribution in [0, 0.1) is 5.82 Å². The van der Waals surface area contributed by atoms with Gasteiger partial charge in [-0.3, -0.25) is 14.6 Å². The van der Waals surface area contributed by atoms with Gasteiger partial charge in [-0.1, -0.05) is 11.6 Å². The Bertz CT molecular complexity index is 1370. The van der Waals surface area contributed by atoms with E-state index in [1.165, 1.54) is 18.5 Å². The molecule has 3 heterocycles. The Balaban J connectivity index is 1.43.